The van der Waals surface area contributed by atoms with Crippen LogP contribution in [0.4, 0.5) is 0 Å². The lowest BCUT2D eigenvalue weighted by Gasteiger charge is -2.08. The minimum Gasteiger partial charge on any atom is -0.482 e. The largest absolute Gasteiger partial charge is 0.482 e. The topological polar surface area (TPSA) is 65.7 Å². The molecule has 0 radical (unpaired) electrons. The number of carbonyl (C=O) groups is 1. The van der Waals surface area contributed by atoms with E-state index in [2.05, 4.69) is 6.92 Å². The maximum atomic E-state index is 11.6. The van der Waals surface area contributed by atoms with Gasteiger partial charge >= 0.3 is 11.6 Å². The number of benzene rings is 1. The van der Waals surface area contributed by atoms with E-state index in [0.29, 0.717) is 17.9 Å². The van der Waals surface area contributed by atoms with Crippen LogP contribution in [0.25, 0.3) is 11.0 Å². The first-order valence-electron chi connectivity index (χ1n) is 7.49. The molecule has 0 N–H and O–H groups in total. The lowest BCUT2D eigenvalue weighted by atomic mass is 10.1. The highest BCUT2D eigenvalue weighted by Gasteiger charge is 2.08. The molecule has 0 aliphatic rings. The molecule has 1 aromatic heterocycles. The van der Waals surface area contributed by atoms with Gasteiger partial charge in [0.05, 0.1) is 6.61 Å². The van der Waals surface area contributed by atoms with Gasteiger partial charge in [0.25, 0.3) is 0 Å². The molecule has 0 amide bonds. The number of esters is 1. The summed E-state index contributed by atoms with van der Waals surface area (Å²) in [6, 6.07) is 6.75. The first kappa shape index (κ1) is 16.1. The quantitative estimate of drug-likeness (QED) is 0.581. The fraction of sp³-hybridized carbons (Fsp3) is 0.412. The molecule has 5 nitrogen and oxygen atoms in total. The Kier molecular flexibility index (Phi) is 5.58. The van der Waals surface area contributed by atoms with Gasteiger partial charge < -0.3 is 13.9 Å². The van der Waals surface area contributed by atoms with Crippen LogP contribution in [-0.4, -0.2) is 19.2 Å². The Morgan fingerprint density at radius 1 is 1.18 bits per heavy atom. The van der Waals surface area contributed by atoms with Crippen LogP contribution in [-0.2, 0) is 16.0 Å². The summed E-state index contributed by atoms with van der Waals surface area (Å²) in [6.07, 6.45) is 2.53. The van der Waals surface area contributed by atoms with Crippen LogP contribution in [0.15, 0.2) is 33.5 Å². The molecule has 0 saturated heterocycles. The summed E-state index contributed by atoms with van der Waals surface area (Å²) in [7, 11) is 0. The van der Waals surface area contributed by atoms with Gasteiger partial charge in [0.15, 0.2) is 6.61 Å². The molecule has 0 unspecified atom stereocenters. The molecule has 0 aliphatic carbocycles. The molecular weight excluding hydrogens is 284 g/mol. The third-order valence-corrected chi connectivity index (χ3v) is 3.14. The maximum absolute atomic E-state index is 11.6. The van der Waals surface area contributed by atoms with Crippen LogP contribution in [0.2, 0.25) is 0 Å². The fourth-order valence-electron chi connectivity index (χ4n) is 2.18. The van der Waals surface area contributed by atoms with E-state index in [0.717, 1.165) is 30.2 Å². The molecular formula is C17H20O5. The van der Waals surface area contributed by atoms with Crippen molar-refractivity contribution >= 4 is 16.9 Å². The maximum Gasteiger partial charge on any atom is 0.344 e. The standard InChI is InChI=1S/C17H20O5/c1-3-5-12-9-16(18)22-15-10-13(6-7-14(12)15)21-11-17(19)20-8-4-2/h6-7,9-10H,3-5,8,11H2,1-2H3. The van der Waals surface area contributed by atoms with Crippen molar-refractivity contribution in [3.8, 4) is 5.75 Å². The Morgan fingerprint density at radius 3 is 2.73 bits per heavy atom. The van der Waals surface area contributed by atoms with Crippen molar-refractivity contribution in [3.63, 3.8) is 0 Å². The van der Waals surface area contributed by atoms with E-state index in [9.17, 15) is 9.59 Å². The zero-order chi connectivity index (χ0) is 15.9. The van der Waals surface area contributed by atoms with Gasteiger partial charge in [0, 0.05) is 17.5 Å². The van der Waals surface area contributed by atoms with Crippen molar-refractivity contribution < 1.29 is 18.7 Å². The number of hydrogen-bond acceptors (Lipinski definition) is 5. The van der Waals surface area contributed by atoms with Crippen LogP contribution in [0.5, 0.6) is 5.75 Å². The van der Waals surface area contributed by atoms with Crippen LogP contribution < -0.4 is 10.4 Å². The first-order chi connectivity index (χ1) is 10.6. The van der Waals surface area contributed by atoms with Crippen LogP contribution >= 0.6 is 0 Å². The molecule has 22 heavy (non-hydrogen) atoms. The van der Waals surface area contributed by atoms with E-state index < -0.39 is 5.97 Å². The monoisotopic (exact) mass is 304 g/mol. The van der Waals surface area contributed by atoms with Crippen molar-refractivity contribution in [2.24, 2.45) is 0 Å². The molecule has 2 aromatic rings. The summed E-state index contributed by atoms with van der Waals surface area (Å²) in [5, 5.41) is 0.891. The van der Waals surface area contributed by atoms with E-state index in [1.54, 1.807) is 12.1 Å². The lowest BCUT2D eigenvalue weighted by molar-refractivity contribution is -0.146. The Morgan fingerprint density at radius 2 is 2.00 bits per heavy atom. The van der Waals surface area contributed by atoms with E-state index >= 15 is 0 Å². The van der Waals surface area contributed by atoms with Gasteiger partial charge in [-0.15, -0.1) is 0 Å². The average molecular weight is 304 g/mol. The summed E-state index contributed by atoms with van der Waals surface area (Å²) >= 11 is 0. The van der Waals surface area contributed by atoms with E-state index in [4.69, 9.17) is 13.9 Å². The summed E-state index contributed by atoms with van der Waals surface area (Å²) in [6.45, 7) is 4.20. The Labute approximate surface area is 128 Å². The molecule has 0 saturated carbocycles. The predicted molar refractivity (Wildman–Crippen MR) is 83.2 cm³/mol. The molecule has 0 aliphatic heterocycles. The number of aryl methyl sites for hydroxylation is 1. The van der Waals surface area contributed by atoms with Gasteiger partial charge in [0.1, 0.15) is 11.3 Å². The molecule has 0 atom stereocenters. The molecule has 0 bridgehead atoms. The predicted octanol–water partition coefficient (Wildman–Crippen LogP) is 3.08. The average Bonchev–Trinajstić information content (AvgIpc) is 2.50. The molecule has 0 fully saturated rings. The molecule has 2 rings (SSSR count). The number of fused-ring (bicyclic) bond motifs is 1. The first-order valence-corrected chi connectivity index (χ1v) is 7.49. The van der Waals surface area contributed by atoms with Crippen LogP contribution in [0.1, 0.15) is 32.3 Å². The smallest absolute Gasteiger partial charge is 0.344 e. The second-order valence-electron chi connectivity index (χ2n) is 5.01. The Balaban J connectivity index is 2.16. The zero-order valence-corrected chi connectivity index (χ0v) is 12.9. The van der Waals surface area contributed by atoms with Crippen molar-refractivity contribution in [2.75, 3.05) is 13.2 Å². The third kappa shape index (κ3) is 4.10. The van der Waals surface area contributed by atoms with Crippen molar-refractivity contribution in [1.29, 1.82) is 0 Å². The normalized spacial score (nSPS) is 10.6. The second kappa shape index (κ2) is 7.64. The third-order valence-electron chi connectivity index (χ3n) is 3.14. The van der Waals surface area contributed by atoms with E-state index in [1.165, 1.54) is 6.07 Å². The Hall–Kier alpha value is -2.30. The van der Waals surface area contributed by atoms with Crippen molar-refractivity contribution in [1.82, 2.24) is 0 Å². The van der Waals surface area contributed by atoms with Crippen molar-refractivity contribution in [2.45, 2.75) is 33.1 Å². The SMILES string of the molecule is CCCOC(=O)COc1ccc2c(CCC)cc(=O)oc2c1. The summed E-state index contributed by atoms with van der Waals surface area (Å²) in [5.74, 6) is 0.0564. The van der Waals surface area contributed by atoms with Gasteiger partial charge in [-0.3, -0.25) is 0 Å². The van der Waals surface area contributed by atoms with Crippen LogP contribution in [0, 0.1) is 0 Å². The molecule has 5 heteroatoms. The van der Waals surface area contributed by atoms with Gasteiger partial charge in [-0.25, -0.2) is 9.59 Å². The van der Waals surface area contributed by atoms with Crippen LogP contribution in [0.3, 0.4) is 0 Å². The Bertz CT molecular complexity index is 702. The van der Waals surface area contributed by atoms with Gasteiger partial charge in [-0.1, -0.05) is 20.3 Å². The lowest BCUT2D eigenvalue weighted by Crippen LogP contribution is -2.15. The van der Waals surface area contributed by atoms with E-state index in [1.807, 2.05) is 13.0 Å². The highest BCUT2D eigenvalue weighted by atomic mass is 16.6. The highest BCUT2D eigenvalue weighted by molar-refractivity contribution is 5.81. The molecule has 0 spiro atoms. The molecule has 1 aromatic carbocycles. The van der Waals surface area contributed by atoms with Gasteiger partial charge in [0.2, 0.25) is 0 Å². The van der Waals surface area contributed by atoms with Gasteiger partial charge in [-0.05, 0) is 30.5 Å². The van der Waals surface area contributed by atoms with Crippen molar-refractivity contribution in [3.05, 3.63) is 40.2 Å². The second-order valence-corrected chi connectivity index (χ2v) is 5.01. The number of carbonyl (C=O) groups excluding carboxylic acids is 1. The summed E-state index contributed by atoms with van der Waals surface area (Å²) in [4.78, 5) is 23.0. The molecule has 1 heterocycles. The number of ether oxygens (including phenoxy) is 2. The zero-order valence-electron chi connectivity index (χ0n) is 12.9. The fourth-order valence-corrected chi connectivity index (χ4v) is 2.18. The number of hydrogen-bond donors (Lipinski definition) is 0. The highest BCUT2D eigenvalue weighted by Crippen LogP contribution is 2.23. The number of rotatable bonds is 7. The minimum atomic E-state index is -0.414. The minimum absolute atomic E-state index is 0.162. The van der Waals surface area contributed by atoms with E-state index in [-0.39, 0.29) is 12.2 Å². The summed E-state index contributed by atoms with van der Waals surface area (Å²) < 4.78 is 15.5. The molecule has 118 valence electrons. The van der Waals surface area contributed by atoms with Gasteiger partial charge in [-0.2, -0.15) is 0 Å². The summed E-state index contributed by atoms with van der Waals surface area (Å²) in [5.41, 5.74) is 1.05.